The normalized spacial score (nSPS) is 11.5. The number of nitrogens with one attached hydrogen (secondary N) is 3. The van der Waals surface area contributed by atoms with Crippen LogP contribution in [0.5, 0.6) is 11.5 Å². The zero-order chi connectivity index (χ0) is 25.5. The number of urea groups is 1. The molecule has 0 radical (unpaired) electrons. The molecule has 9 nitrogen and oxygen atoms in total. The second kappa shape index (κ2) is 11.2. The van der Waals surface area contributed by atoms with Gasteiger partial charge in [-0.05, 0) is 53.6 Å². The van der Waals surface area contributed by atoms with Gasteiger partial charge < -0.3 is 20.1 Å². The lowest BCUT2D eigenvalue weighted by Gasteiger charge is -2.24. The summed E-state index contributed by atoms with van der Waals surface area (Å²) >= 11 is 0. The van der Waals surface area contributed by atoms with E-state index in [0.29, 0.717) is 23.3 Å². The van der Waals surface area contributed by atoms with Crippen molar-refractivity contribution in [1.82, 2.24) is 15.4 Å². The van der Waals surface area contributed by atoms with Crippen LogP contribution < -0.4 is 24.8 Å². The van der Waals surface area contributed by atoms with Gasteiger partial charge in [-0.1, -0.05) is 32.9 Å². The van der Waals surface area contributed by atoms with Gasteiger partial charge in [-0.25, -0.2) is 17.9 Å². The Hall–Kier alpha value is -3.27. The number of hydrogen-bond acceptors (Lipinski definition) is 6. The number of methoxy groups -OCH3 is 2. The first-order valence-corrected chi connectivity index (χ1v) is 12.4. The first-order valence-electron chi connectivity index (χ1n) is 10.9. The molecule has 0 aromatic heterocycles. The average molecular weight is 492 g/mol. The number of amides is 3. The van der Waals surface area contributed by atoms with Crippen molar-refractivity contribution in [1.29, 1.82) is 0 Å². The predicted molar refractivity (Wildman–Crippen MR) is 130 cm³/mol. The maximum absolute atomic E-state index is 12.9. The van der Waals surface area contributed by atoms with Crippen molar-refractivity contribution in [3.05, 3.63) is 53.1 Å². The molecule has 0 saturated heterocycles. The third kappa shape index (κ3) is 6.40. The van der Waals surface area contributed by atoms with Gasteiger partial charge in [0, 0.05) is 13.6 Å². The molecule has 3 amide bonds. The number of sulfonamides is 1. The molecule has 2 aromatic carbocycles. The highest BCUT2D eigenvalue weighted by atomic mass is 32.2. The van der Waals surface area contributed by atoms with Crippen molar-refractivity contribution < 1.29 is 27.5 Å². The highest BCUT2D eigenvalue weighted by Gasteiger charge is 2.23. The molecule has 0 aliphatic rings. The Bertz CT molecular complexity index is 1150. The monoisotopic (exact) mass is 491 g/mol. The molecular weight excluding hydrogens is 458 g/mol. The predicted octanol–water partition coefficient (Wildman–Crippen LogP) is 2.98. The van der Waals surface area contributed by atoms with E-state index in [9.17, 15) is 18.0 Å². The molecule has 0 saturated carbocycles. The highest BCUT2D eigenvalue weighted by Crippen LogP contribution is 2.31. The Labute approximate surface area is 201 Å². The number of rotatable bonds is 10. The molecule has 0 spiro atoms. The maximum Gasteiger partial charge on any atom is 0.328 e. The first-order chi connectivity index (χ1) is 16.0. The van der Waals surface area contributed by atoms with E-state index in [1.54, 1.807) is 12.1 Å². The number of hydrogen-bond donors (Lipinski definition) is 3. The fourth-order valence-electron chi connectivity index (χ4n) is 3.24. The van der Waals surface area contributed by atoms with Gasteiger partial charge >= 0.3 is 6.03 Å². The van der Waals surface area contributed by atoms with Crippen LogP contribution in [0.3, 0.4) is 0 Å². The second-order valence-electron chi connectivity index (χ2n) is 8.33. The molecule has 0 aliphatic heterocycles. The van der Waals surface area contributed by atoms with Gasteiger partial charge in [0.2, 0.25) is 0 Å². The minimum atomic E-state index is -4.14. The minimum Gasteiger partial charge on any atom is -0.496 e. The molecule has 3 N–H and O–H groups in total. The Morgan fingerprint density at radius 3 is 2.24 bits per heavy atom. The standard InChI is InChI=1S/C24H33N3O6S/c1-7-24(2,3)17-9-11-19(32-5)18(15-17)22(28)26-13-12-16-8-10-20(33-6)21(14-16)34(30,31)27-23(29)25-4/h8-11,14-15H,7,12-13H2,1-6H3,(H,26,28)(H2,25,27,29). The SMILES string of the molecule is CCC(C)(C)c1ccc(OC)c(C(=O)NCCc2ccc(OC)c(S(=O)(=O)NC(=O)NC)c2)c1. The van der Waals surface area contributed by atoms with Crippen LogP contribution in [-0.4, -0.2) is 48.2 Å². The van der Waals surface area contributed by atoms with Crippen LogP contribution in [0, 0.1) is 0 Å². The van der Waals surface area contributed by atoms with Gasteiger partial charge in [0.15, 0.2) is 0 Å². The molecule has 0 bridgehead atoms. The largest absolute Gasteiger partial charge is 0.496 e. The van der Waals surface area contributed by atoms with E-state index in [0.717, 1.165) is 12.0 Å². The topological polar surface area (TPSA) is 123 Å². The zero-order valence-electron chi connectivity index (χ0n) is 20.4. The summed E-state index contributed by atoms with van der Waals surface area (Å²) in [5.41, 5.74) is 2.03. The van der Waals surface area contributed by atoms with Crippen molar-refractivity contribution in [2.45, 2.75) is 43.9 Å². The van der Waals surface area contributed by atoms with Crippen LogP contribution in [0.25, 0.3) is 0 Å². The second-order valence-corrected chi connectivity index (χ2v) is 9.98. The smallest absolute Gasteiger partial charge is 0.328 e. The molecule has 0 atom stereocenters. The molecule has 0 heterocycles. The molecule has 0 unspecified atom stereocenters. The van der Waals surface area contributed by atoms with Crippen molar-refractivity contribution in [3.63, 3.8) is 0 Å². The third-order valence-corrected chi connectivity index (χ3v) is 7.13. The van der Waals surface area contributed by atoms with E-state index in [1.165, 1.54) is 33.4 Å². The van der Waals surface area contributed by atoms with E-state index in [2.05, 4.69) is 31.4 Å². The summed E-state index contributed by atoms with van der Waals surface area (Å²) < 4.78 is 37.6. The van der Waals surface area contributed by atoms with Gasteiger partial charge in [-0.15, -0.1) is 0 Å². The highest BCUT2D eigenvalue weighted by molar-refractivity contribution is 7.90. The summed E-state index contributed by atoms with van der Waals surface area (Å²) in [7, 11) is 0.0316. The molecule has 0 aliphatic carbocycles. The summed E-state index contributed by atoms with van der Waals surface area (Å²) in [6, 6.07) is 9.38. The van der Waals surface area contributed by atoms with Crippen molar-refractivity contribution >= 4 is 22.0 Å². The Kier molecular flexibility index (Phi) is 8.92. The lowest BCUT2D eigenvalue weighted by Crippen LogP contribution is -2.37. The summed E-state index contributed by atoms with van der Waals surface area (Å²) in [4.78, 5) is 24.3. The molecular formula is C24H33N3O6S. The molecule has 10 heteroatoms. The third-order valence-electron chi connectivity index (χ3n) is 5.78. The Morgan fingerprint density at radius 1 is 1.00 bits per heavy atom. The van der Waals surface area contributed by atoms with E-state index < -0.39 is 16.1 Å². The molecule has 2 aromatic rings. The lowest BCUT2D eigenvalue weighted by molar-refractivity contribution is 0.0951. The Balaban J connectivity index is 2.19. The fourth-order valence-corrected chi connectivity index (χ4v) is 4.42. The average Bonchev–Trinajstić information content (AvgIpc) is 2.82. The Morgan fingerprint density at radius 2 is 1.65 bits per heavy atom. The van der Waals surface area contributed by atoms with Crippen LogP contribution in [-0.2, 0) is 21.9 Å². The van der Waals surface area contributed by atoms with Crippen LogP contribution in [0.2, 0.25) is 0 Å². The lowest BCUT2D eigenvalue weighted by atomic mass is 9.81. The molecule has 34 heavy (non-hydrogen) atoms. The fraction of sp³-hybridized carbons (Fsp3) is 0.417. The maximum atomic E-state index is 12.9. The van der Waals surface area contributed by atoms with E-state index in [-0.39, 0.29) is 28.5 Å². The van der Waals surface area contributed by atoms with Crippen LogP contribution >= 0.6 is 0 Å². The summed E-state index contributed by atoms with van der Waals surface area (Å²) in [6.45, 7) is 6.59. The van der Waals surface area contributed by atoms with E-state index in [4.69, 9.17) is 9.47 Å². The number of benzene rings is 2. The summed E-state index contributed by atoms with van der Waals surface area (Å²) in [5, 5.41) is 5.07. The van der Waals surface area contributed by atoms with Crippen molar-refractivity contribution in [3.8, 4) is 11.5 Å². The van der Waals surface area contributed by atoms with E-state index in [1.807, 2.05) is 16.9 Å². The number of ether oxygens (including phenoxy) is 2. The number of carbonyl (C=O) groups excluding carboxylic acids is 2. The quantitative estimate of drug-likeness (QED) is 0.470. The van der Waals surface area contributed by atoms with Gasteiger partial charge in [0.25, 0.3) is 15.9 Å². The van der Waals surface area contributed by atoms with E-state index >= 15 is 0 Å². The van der Waals surface area contributed by atoms with Gasteiger partial charge in [-0.3, -0.25) is 4.79 Å². The summed E-state index contributed by atoms with van der Waals surface area (Å²) in [5.74, 6) is 0.295. The first kappa shape index (κ1) is 27.0. The summed E-state index contributed by atoms with van der Waals surface area (Å²) in [6.07, 6.45) is 1.28. The van der Waals surface area contributed by atoms with Crippen molar-refractivity contribution in [2.75, 3.05) is 27.8 Å². The zero-order valence-corrected chi connectivity index (χ0v) is 21.3. The van der Waals surface area contributed by atoms with Crippen LogP contribution in [0.4, 0.5) is 4.79 Å². The van der Waals surface area contributed by atoms with Gasteiger partial charge in [0.05, 0.1) is 19.8 Å². The van der Waals surface area contributed by atoms with Crippen LogP contribution in [0.1, 0.15) is 48.7 Å². The van der Waals surface area contributed by atoms with Crippen LogP contribution in [0.15, 0.2) is 41.3 Å². The minimum absolute atomic E-state index is 0.0883. The van der Waals surface area contributed by atoms with Gasteiger partial charge in [0.1, 0.15) is 16.4 Å². The number of carbonyl (C=O) groups is 2. The van der Waals surface area contributed by atoms with Gasteiger partial charge in [-0.2, -0.15) is 0 Å². The molecule has 186 valence electrons. The molecule has 2 rings (SSSR count). The van der Waals surface area contributed by atoms with Crippen molar-refractivity contribution in [2.24, 2.45) is 0 Å². The molecule has 0 fully saturated rings.